The Bertz CT molecular complexity index is 258. The van der Waals surface area contributed by atoms with Gasteiger partial charge in [0.25, 0.3) is 0 Å². The number of rotatable bonds is 3. The molecule has 12 heavy (non-hydrogen) atoms. The number of hydrogen-bond acceptors (Lipinski definition) is 1. The molecule has 0 aliphatic carbocycles. The van der Waals surface area contributed by atoms with Crippen molar-refractivity contribution in [3.8, 4) is 0 Å². The van der Waals surface area contributed by atoms with E-state index >= 15 is 0 Å². The second-order valence-corrected chi connectivity index (χ2v) is 2.65. The van der Waals surface area contributed by atoms with Crippen molar-refractivity contribution in [1.82, 2.24) is 4.90 Å². The molecule has 0 radical (unpaired) electrons. The van der Waals surface area contributed by atoms with Gasteiger partial charge in [-0.15, -0.1) is 0 Å². The van der Waals surface area contributed by atoms with E-state index in [9.17, 15) is 9.18 Å². The third-order valence-corrected chi connectivity index (χ3v) is 1.53. The van der Waals surface area contributed by atoms with Gasteiger partial charge in [0.15, 0.2) is 0 Å². The van der Waals surface area contributed by atoms with Crippen molar-refractivity contribution in [3.05, 3.63) is 35.6 Å². The highest BCUT2D eigenvalue weighted by Gasteiger charge is 1.96. The maximum atomic E-state index is 12.4. The highest BCUT2D eigenvalue weighted by molar-refractivity contribution is 5.46. The van der Waals surface area contributed by atoms with Gasteiger partial charge in [-0.2, -0.15) is 0 Å². The molecular weight excluding hydrogens is 157 g/mol. The summed E-state index contributed by atoms with van der Waals surface area (Å²) in [4.78, 5) is 11.7. The zero-order valence-corrected chi connectivity index (χ0v) is 6.83. The normalized spacial score (nSPS) is 9.50. The Morgan fingerprint density at radius 3 is 2.50 bits per heavy atom. The smallest absolute Gasteiger partial charge is 0.209 e. The van der Waals surface area contributed by atoms with Crippen molar-refractivity contribution >= 4 is 6.41 Å². The van der Waals surface area contributed by atoms with E-state index in [1.807, 2.05) is 0 Å². The number of nitrogens with zero attached hydrogens (tertiary/aromatic N) is 1. The van der Waals surface area contributed by atoms with Crippen LogP contribution < -0.4 is 0 Å². The largest absolute Gasteiger partial charge is 0.344 e. The predicted octanol–water partition coefficient (Wildman–Crippen LogP) is 1.41. The zero-order chi connectivity index (χ0) is 8.97. The van der Waals surface area contributed by atoms with Crippen LogP contribution in [-0.4, -0.2) is 18.4 Å². The Balaban J connectivity index is 2.64. The molecule has 64 valence electrons. The Hall–Kier alpha value is -1.38. The molecule has 0 aliphatic heterocycles. The van der Waals surface area contributed by atoms with Crippen LogP contribution in [0, 0.1) is 5.82 Å². The van der Waals surface area contributed by atoms with Gasteiger partial charge in [0.1, 0.15) is 5.82 Å². The molecule has 0 saturated carbocycles. The van der Waals surface area contributed by atoms with Gasteiger partial charge in [0.05, 0.1) is 0 Å². The van der Waals surface area contributed by atoms with Crippen molar-refractivity contribution < 1.29 is 9.18 Å². The van der Waals surface area contributed by atoms with E-state index in [1.165, 1.54) is 17.0 Å². The average molecular weight is 167 g/mol. The molecule has 3 heteroatoms. The highest BCUT2D eigenvalue weighted by atomic mass is 19.1. The molecule has 0 aromatic heterocycles. The van der Waals surface area contributed by atoms with Crippen molar-refractivity contribution in [1.29, 1.82) is 0 Å². The number of hydrogen-bond donors (Lipinski definition) is 0. The van der Waals surface area contributed by atoms with E-state index < -0.39 is 0 Å². The number of amides is 1. The molecule has 0 N–H and O–H groups in total. The summed E-state index contributed by atoms with van der Waals surface area (Å²) in [5.41, 5.74) is 0.922. The van der Waals surface area contributed by atoms with Crippen LogP contribution in [0.4, 0.5) is 4.39 Å². The molecule has 0 spiro atoms. The van der Waals surface area contributed by atoms with Gasteiger partial charge in [-0.1, -0.05) is 12.1 Å². The molecule has 0 unspecified atom stereocenters. The molecule has 1 aromatic rings. The van der Waals surface area contributed by atoms with E-state index in [-0.39, 0.29) is 5.82 Å². The van der Waals surface area contributed by atoms with Crippen LogP contribution >= 0.6 is 0 Å². The minimum absolute atomic E-state index is 0.257. The highest BCUT2D eigenvalue weighted by Crippen LogP contribution is 2.03. The summed E-state index contributed by atoms with van der Waals surface area (Å²) in [7, 11) is 1.68. The molecule has 1 aromatic carbocycles. The molecule has 0 atom stereocenters. The predicted molar refractivity (Wildman–Crippen MR) is 43.9 cm³/mol. The van der Waals surface area contributed by atoms with Crippen molar-refractivity contribution in [3.63, 3.8) is 0 Å². The SMILES string of the molecule is CN(C=O)Cc1ccc(F)cc1. The van der Waals surface area contributed by atoms with E-state index in [1.54, 1.807) is 19.2 Å². The molecule has 0 bridgehead atoms. The molecule has 0 aliphatic rings. The summed E-state index contributed by atoms with van der Waals surface area (Å²) in [5.74, 6) is -0.257. The summed E-state index contributed by atoms with van der Waals surface area (Å²) in [6.45, 7) is 0.518. The second-order valence-electron chi connectivity index (χ2n) is 2.65. The molecule has 0 saturated heterocycles. The summed E-state index contributed by atoms with van der Waals surface area (Å²) in [5, 5.41) is 0. The van der Waals surface area contributed by atoms with Gasteiger partial charge in [0, 0.05) is 13.6 Å². The van der Waals surface area contributed by atoms with Crippen molar-refractivity contribution in [2.45, 2.75) is 6.54 Å². The van der Waals surface area contributed by atoms with E-state index in [0.29, 0.717) is 6.54 Å². The summed E-state index contributed by atoms with van der Waals surface area (Å²) in [6.07, 6.45) is 0.739. The first-order valence-electron chi connectivity index (χ1n) is 3.62. The summed E-state index contributed by atoms with van der Waals surface area (Å²) < 4.78 is 12.4. The third-order valence-electron chi connectivity index (χ3n) is 1.53. The van der Waals surface area contributed by atoms with Gasteiger partial charge in [-0.05, 0) is 17.7 Å². The Kier molecular flexibility index (Phi) is 2.80. The van der Waals surface area contributed by atoms with E-state index in [2.05, 4.69) is 0 Å². The Labute approximate surface area is 70.6 Å². The van der Waals surface area contributed by atoms with Crippen LogP contribution in [0.25, 0.3) is 0 Å². The summed E-state index contributed by atoms with van der Waals surface area (Å²) in [6, 6.07) is 6.09. The third kappa shape index (κ3) is 2.34. The maximum absolute atomic E-state index is 12.4. The van der Waals surface area contributed by atoms with Gasteiger partial charge >= 0.3 is 0 Å². The molecular formula is C9H10FNO. The van der Waals surface area contributed by atoms with Gasteiger partial charge < -0.3 is 4.90 Å². The lowest BCUT2D eigenvalue weighted by atomic mass is 10.2. The Morgan fingerprint density at radius 1 is 1.42 bits per heavy atom. The van der Waals surface area contributed by atoms with Crippen molar-refractivity contribution in [2.75, 3.05) is 7.05 Å². The Morgan fingerprint density at radius 2 is 2.00 bits per heavy atom. The monoisotopic (exact) mass is 167 g/mol. The fraction of sp³-hybridized carbons (Fsp3) is 0.222. The molecule has 2 nitrogen and oxygen atoms in total. The lowest BCUT2D eigenvalue weighted by molar-refractivity contribution is -0.117. The zero-order valence-electron chi connectivity index (χ0n) is 6.83. The van der Waals surface area contributed by atoms with Crippen LogP contribution in [0.2, 0.25) is 0 Å². The quantitative estimate of drug-likeness (QED) is 0.623. The fourth-order valence-electron chi connectivity index (χ4n) is 0.915. The van der Waals surface area contributed by atoms with Crippen LogP contribution in [0.1, 0.15) is 5.56 Å². The molecule has 0 heterocycles. The van der Waals surface area contributed by atoms with Gasteiger partial charge in [-0.25, -0.2) is 4.39 Å². The first-order chi connectivity index (χ1) is 5.72. The van der Waals surface area contributed by atoms with E-state index in [4.69, 9.17) is 0 Å². The number of carbonyl (C=O) groups is 1. The topological polar surface area (TPSA) is 20.3 Å². The standard InChI is InChI=1S/C9H10FNO/c1-11(7-12)6-8-2-4-9(10)5-3-8/h2-5,7H,6H2,1H3. The van der Waals surface area contributed by atoms with E-state index in [0.717, 1.165) is 12.0 Å². The minimum Gasteiger partial charge on any atom is -0.344 e. The summed E-state index contributed by atoms with van der Waals surface area (Å²) >= 11 is 0. The first kappa shape index (κ1) is 8.71. The van der Waals surface area contributed by atoms with Gasteiger partial charge in [-0.3, -0.25) is 4.79 Å². The second kappa shape index (κ2) is 3.85. The minimum atomic E-state index is -0.257. The van der Waals surface area contributed by atoms with Crippen LogP contribution in [0.3, 0.4) is 0 Å². The maximum Gasteiger partial charge on any atom is 0.209 e. The number of carbonyl (C=O) groups excluding carboxylic acids is 1. The molecule has 0 fully saturated rings. The van der Waals surface area contributed by atoms with Crippen molar-refractivity contribution in [2.24, 2.45) is 0 Å². The number of halogens is 1. The van der Waals surface area contributed by atoms with Crippen LogP contribution in [0.15, 0.2) is 24.3 Å². The fourth-order valence-corrected chi connectivity index (χ4v) is 0.915. The van der Waals surface area contributed by atoms with Gasteiger partial charge in [0.2, 0.25) is 6.41 Å². The van der Waals surface area contributed by atoms with Crippen LogP contribution in [-0.2, 0) is 11.3 Å². The lowest BCUT2D eigenvalue weighted by Gasteiger charge is -2.09. The van der Waals surface area contributed by atoms with Crippen LogP contribution in [0.5, 0.6) is 0 Å². The molecule has 1 amide bonds. The average Bonchev–Trinajstić information content (AvgIpc) is 2.09. The number of benzene rings is 1. The first-order valence-corrected chi connectivity index (χ1v) is 3.62. The lowest BCUT2D eigenvalue weighted by Crippen LogP contribution is -2.14. The molecule has 1 rings (SSSR count).